The lowest BCUT2D eigenvalue weighted by Crippen LogP contribution is -2.43. The number of sulfonamides is 1. The summed E-state index contributed by atoms with van der Waals surface area (Å²) in [6.45, 7) is 2.37. The number of hydrogen-bond donors (Lipinski definition) is 1. The topological polar surface area (TPSA) is 75.7 Å². The number of aryl methyl sites for hydroxylation is 1. The Hall–Kier alpha value is -2.45. The minimum atomic E-state index is -3.99. The summed E-state index contributed by atoms with van der Waals surface area (Å²) in [7, 11) is -2.65. The summed E-state index contributed by atoms with van der Waals surface area (Å²) in [5.41, 5.74) is 1.85. The number of nitrogens with one attached hydrogen (secondary N) is 1. The van der Waals surface area contributed by atoms with Gasteiger partial charge in [0.05, 0.1) is 13.0 Å². The maximum absolute atomic E-state index is 13.7. The van der Waals surface area contributed by atoms with Crippen LogP contribution in [0.25, 0.3) is 0 Å². The summed E-state index contributed by atoms with van der Waals surface area (Å²) in [6, 6.07) is 11.0. The Labute approximate surface area is 170 Å². The molecule has 1 saturated heterocycles. The van der Waals surface area contributed by atoms with E-state index in [2.05, 4.69) is 12.2 Å². The number of methoxy groups -OCH3 is 1. The third-order valence-corrected chi connectivity index (χ3v) is 7.01. The van der Waals surface area contributed by atoms with Crippen LogP contribution in [0.4, 0.5) is 10.1 Å². The molecule has 8 heteroatoms. The van der Waals surface area contributed by atoms with E-state index in [4.69, 9.17) is 4.74 Å². The lowest BCUT2D eigenvalue weighted by molar-refractivity contribution is -0.120. The van der Waals surface area contributed by atoms with Crippen LogP contribution < -0.4 is 10.1 Å². The normalized spacial score (nSPS) is 17.7. The molecule has 0 radical (unpaired) electrons. The zero-order valence-electron chi connectivity index (χ0n) is 16.5. The van der Waals surface area contributed by atoms with Gasteiger partial charge in [-0.2, -0.15) is 4.31 Å². The van der Waals surface area contributed by atoms with Gasteiger partial charge in [0.2, 0.25) is 15.9 Å². The third-order valence-electron chi connectivity index (χ3n) is 5.13. The van der Waals surface area contributed by atoms with Crippen molar-refractivity contribution < 1.29 is 22.3 Å². The van der Waals surface area contributed by atoms with Crippen LogP contribution >= 0.6 is 0 Å². The predicted octanol–water partition coefficient (Wildman–Crippen LogP) is 3.44. The first-order chi connectivity index (χ1) is 13.8. The van der Waals surface area contributed by atoms with Crippen LogP contribution in [0.3, 0.4) is 0 Å². The number of ether oxygens (including phenoxy) is 1. The summed E-state index contributed by atoms with van der Waals surface area (Å²) in [5.74, 6) is -1.29. The fourth-order valence-electron chi connectivity index (χ4n) is 3.43. The quantitative estimate of drug-likeness (QED) is 0.777. The number of nitrogens with zero attached hydrogens (tertiary/aromatic N) is 1. The first-order valence-electron chi connectivity index (χ1n) is 9.58. The molecule has 1 heterocycles. The van der Waals surface area contributed by atoms with Crippen LogP contribution in [0.15, 0.2) is 47.4 Å². The molecule has 0 spiro atoms. The minimum Gasteiger partial charge on any atom is -0.495 e. The smallest absolute Gasteiger partial charge is 0.246 e. The first kappa shape index (κ1) is 21.3. The maximum Gasteiger partial charge on any atom is 0.246 e. The van der Waals surface area contributed by atoms with Crippen molar-refractivity contribution in [1.29, 1.82) is 0 Å². The van der Waals surface area contributed by atoms with Gasteiger partial charge >= 0.3 is 0 Å². The molecule has 1 aliphatic rings. The standard InChI is InChI=1S/C21H25FN2O4S/c1-3-15-6-9-18(10-7-15)23-21(25)16-5-4-12-24(14-16)29(26,27)20-13-17(22)8-11-19(20)28-2/h6-11,13,16H,3-5,12,14H2,1-2H3,(H,23,25)/t16-/m0/s1. The first-order valence-corrected chi connectivity index (χ1v) is 11.0. The molecule has 29 heavy (non-hydrogen) atoms. The van der Waals surface area contributed by atoms with Crippen LogP contribution in [-0.2, 0) is 21.2 Å². The molecule has 1 amide bonds. The van der Waals surface area contributed by atoms with E-state index in [1.807, 2.05) is 24.3 Å². The Morgan fingerprint density at radius 1 is 1.24 bits per heavy atom. The monoisotopic (exact) mass is 420 g/mol. The Balaban J connectivity index is 1.75. The van der Waals surface area contributed by atoms with Gasteiger partial charge in [0, 0.05) is 18.8 Å². The minimum absolute atomic E-state index is 0.0425. The number of piperidine rings is 1. The number of benzene rings is 2. The molecule has 0 unspecified atom stereocenters. The summed E-state index contributed by atoms with van der Waals surface area (Å²) in [4.78, 5) is 12.5. The molecule has 1 fully saturated rings. The fraction of sp³-hybridized carbons (Fsp3) is 0.381. The van der Waals surface area contributed by atoms with Gasteiger partial charge < -0.3 is 10.1 Å². The lowest BCUT2D eigenvalue weighted by atomic mass is 9.98. The van der Waals surface area contributed by atoms with Crippen molar-refractivity contribution in [2.75, 3.05) is 25.5 Å². The number of amides is 1. The molecular weight excluding hydrogens is 395 g/mol. The number of hydrogen-bond acceptors (Lipinski definition) is 4. The Kier molecular flexibility index (Phi) is 6.54. The molecule has 156 valence electrons. The SMILES string of the molecule is CCc1ccc(NC(=O)[C@H]2CCCN(S(=O)(=O)c3cc(F)ccc3OC)C2)cc1. The molecule has 2 aromatic carbocycles. The predicted molar refractivity (Wildman–Crippen MR) is 109 cm³/mol. The van der Waals surface area contributed by atoms with E-state index in [0.29, 0.717) is 18.5 Å². The molecule has 0 aromatic heterocycles. The number of anilines is 1. The number of carbonyl (C=O) groups is 1. The van der Waals surface area contributed by atoms with E-state index < -0.39 is 21.8 Å². The molecule has 6 nitrogen and oxygen atoms in total. The number of carbonyl (C=O) groups excluding carboxylic acids is 1. The van der Waals surface area contributed by atoms with Crippen LogP contribution in [0, 0.1) is 11.7 Å². The Bertz CT molecular complexity index is 977. The van der Waals surface area contributed by atoms with E-state index in [1.165, 1.54) is 23.0 Å². The van der Waals surface area contributed by atoms with E-state index in [-0.39, 0.29) is 29.6 Å². The highest BCUT2D eigenvalue weighted by molar-refractivity contribution is 7.89. The van der Waals surface area contributed by atoms with Crippen molar-refractivity contribution in [3.8, 4) is 5.75 Å². The number of halogens is 1. The highest BCUT2D eigenvalue weighted by Gasteiger charge is 2.35. The molecular formula is C21H25FN2O4S. The van der Waals surface area contributed by atoms with Crippen LogP contribution in [-0.4, -0.2) is 38.8 Å². The summed E-state index contributed by atoms with van der Waals surface area (Å²) in [6.07, 6.45) is 2.04. The fourth-order valence-corrected chi connectivity index (χ4v) is 5.13. The average Bonchev–Trinajstić information content (AvgIpc) is 2.74. The molecule has 3 rings (SSSR count). The van der Waals surface area contributed by atoms with E-state index in [9.17, 15) is 17.6 Å². The molecule has 2 aromatic rings. The molecule has 1 aliphatic heterocycles. The molecule has 1 N–H and O–H groups in total. The van der Waals surface area contributed by atoms with Crippen LogP contribution in [0.2, 0.25) is 0 Å². The second kappa shape index (κ2) is 8.92. The van der Waals surface area contributed by atoms with Crippen molar-refractivity contribution in [1.82, 2.24) is 4.31 Å². The van der Waals surface area contributed by atoms with Gasteiger partial charge in [-0.05, 0) is 55.2 Å². The van der Waals surface area contributed by atoms with Gasteiger partial charge in [0.1, 0.15) is 16.5 Å². The molecule has 0 aliphatic carbocycles. The van der Waals surface area contributed by atoms with E-state index >= 15 is 0 Å². The van der Waals surface area contributed by atoms with Crippen molar-refractivity contribution in [2.45, 2.75) is 31.1 Å². The molecule has 0 saturated carbocycles. The maximum atomic E-state index is 13.7. The summed E-state index contributed by atoms with van der Waals surface area (Å²) in [5, 5.41) is 2.86. The Morgan fingerprint density at radius 3 is 2.62 bits per heavy atom. The number of rotatable bonds is 6. The molecule has 0 bridgehead atoms. The van der Waals surface area contributed by atoms with Gasteiger partial charge in [0.25, 0.3) is 0 Å². The van der Waals surface area contributed by atoms with Crippen molar-refractivity contribution in [2.24, 2.45) is 5.92 Å². The van der Waals surface area contributed by atoms with Gasteiger partial charge in [-0.3, -0.25) is 4.79 Å². The summed E-state index contributed by atoms with van der Waals surface area (Å²) < 4.78 is 46.1. The second-order valence-corrected chi connectivity index (χ2v) is 8.94. The average molecular weight is 421 g/mol. The van der Waals surface area contributed by atoms with Crippen molar-refractivity contribution in [3.05, 3.63) is 53.8 Å². The third kappa shape index (κ3) is 4.76. The van der Waals surface area contributed by atoms with Crippen molar-refractivity contribution in [3.63, 3.8) is 0 Å². The van der Waals surface area contributed by atoms with Crippen LogP contribution in [0.5, 0.6) is 5.75 Å². The van der Waals surface area contributed by atoms with E-state index in [1.54, 1.807) is 0 Å². The zero-order valence-corrected chi connectivity index (χ0v) is 17.3. The largest absolute Gasteiger partial charge is 0.495 e. The van der Waals surface area contributed by atoms with Crippen molar-refractivity contribution >= 4 is 21.6 Å². The second-order valence-electron chi connectivity index (χ2n) is 7.04. The zero-order chi connectivity index (χ0) is 21.0. The Morgan fingerprint density at radius 2 is 1.97 bits per heavy atom. The van der Waals surface area contributed by atoms with Crippen LogP contribution in [0.1, 0.15) is 25.3 Å². The highest BCUT2D eigenvalue weighted by atomic mass is 32.2. The van der Waals surface area contributed by atoms with E-state index in [0.717, 1.165) is 18.6 Å². The van der Waals surface area contributed by atoms with Gasteiger partial charge in [-0.15, -0.1) is 0 Å². The van der Waals surface area contributed by atoms with Gasteiger partial charge in [-0.1, -0.05) is 19.1 Å². The highest BCUT2D eigenvalue weighted by Crippen LogP contribution is 2.30. The van der Waals surface area contributed by atoms with Gasteiger partial charge in [-0.25, -0.2) is 12.8 Å². The molecule has 1 atom stereocenters. The lowest BCUT2D eigenvalue weighted by Gasteiger charge is -2.31. The summed E-state index contributed by atoms with van der Waals surface area (Å²) >= 11 is 0. The van der Waals surface area contributed by atoms with Gasteiger partial charge in [0.15, 0.2) is 0 Å².